The van der Waals surface area contributed by atoms with E-state index in [1.165, 1.54) is 0 Å². The molecule has 0 unspecified atom stereocenters. The lowest BCUT2D eigenvalue weighted by Crippen LogP contribution is -2.32. The number of nitrogens with zero attached hydrogens (tertiary/aromatic N) is 2. The van der Waals surface area contributed by atoms with E-state index in [0.717, 1.165) is 5.69 Å². The Hall–Kier alpha value is -1.89. The average molecular weight is 514 g/mol. The van der Waals surface area contributed by atoms with Crippen LogP contribution in [0, 0.1) is 0 Å². The second-order valence-electron chi connectivity index (χ2n) is 7.25. The summed E-state index contributed by atoms with van der Waals surface area (Å²) in [5.74, 6) is 0.200. The molecule has 186 valence electrons. The number of carbonyl (C=O) groups excluding carboxylic acids is 2. The molecule has 0 saturated heterocycles. The standard InChI is InChI=1S/C21H30BCl2N5O5/c22-26-7-9-32-10-11-33-12-13-34-15-21(31)25-6-1-2-20(30)27-19-5-8-29(28-19)16-3-4-17(23)18(24)14-16/h3-4,14,26H,1-2,5-13,15H2,(H,25,31)(H,27,28,30). The summed E-state index contributed by atoms with van der Waals surface area (Å²) in [6, 6.07) is 5.26. The van der Waals surface area contributed by atoms with Gasteiger partial charge in [-0.15, -0.1) is 0 Å². The molecule has 0 aliphatic carbocycles. The molecule has 2 amide bonds. The summed E-state index contributed by atoms with van der Waals surface area (Å²) in [5, 5.41) is 15.1. The first-order valence-electron chi connectivity index (χ1n) is 11.0. The van der Waals surface area contributed by atoms with Crippen molar-refractivity contribution in [3.8, 4) is 0 Å². The number of nitrogens with one attached hydrogen (secondary N) is 3. The number of hydrogen-bond donors (Lipinski definition) is 3. The van der Waals surface area contributed by atoms with Gasteiger partial charge in [-0.2, -0.15) is 5.10 Å². The zero-order valence-corrected chi connectivity index (χ0v) is 20.5. The van der Waals surface area contributed by atoms with Crippen molar-refractivity contribution in [1.29, 1.82) is 0 Å². The van der Waals surface area contributed by atoms with Crippen molar-refractivity contribution < 1.29 is 23.8 Å². The highest BCUT2D eigenvalue weighted by atomic mass is 35.5. The van der Waals surface area contributed by atoms with Crippen LogP contribution in [0.5, 0.6) is 0 Å². The van der Waals surface area contributed by atoms with Gasteiger partial charge in [0.1, 0.15) is 12.4 Å². The lowest BCUT2D eigenvalue weighted by molar-refractivity contribution is -0.126. The van der Waals surface area contributed by atoms with E-state index in [-0.39, 0.29) is 24.8 Å². The highest BCUT2D eigenvalue weighted by Crippen LogP contribution is 2.28. The predicted molar refractivity (Wildman–Crippen MR) is 132 cm³/mol. The summed E-state index contributed by atoms with van der Waals surface area (Å²) >= 11 is 12.0. The van der Waals surface area contributed by atoms with Gasteiger partial charge in [-0.3, -0.25) is 14.6 Å². The minimum Gasteiger partial charge on any atom is -0.378 e. The third-order valence-electron chi connectivity index (χ3n) is 4.56. The highest BCUT2D eigenvalue weighted by molar-refractivity contribution is 6.42. The smallest absolute Gasteiger partial charge is 0.245 e. The zero-order valence-electron chi connectivity index (χ0n) is 19.0. The number of amides is 2. The molecule has 1 aliphatic rings. The summed E-state index contributed by atoms with van der Waals surface area (Å²) in [6.07, 6.45) is 1.39. The highest BCUT2D eigenvalue weighted by Gasteiger charge is 2.18. The Morgan fingerprint density at radius 1 is 1.00 bits per heavy atom. The van der Waals surface area contributed by atoms with Crippen molar-refractivity contribution in [3.05, 3.63) is 28.2 Å². The summed E-state index contributed by atoms with van der Waals surface area (Å²) in [7, 11) is 5.12. The van der Waals surface area contributed by atoms with Crippen LogP contribution in [0.3, 0.4) is 0 Å². The fraction of sp³-hybridized carbons (Fsp3) is 0.571. The molecule has 1 aromatic carbocycles. The van der Waals surface area contributed by atoms with Crippen LogP contribution in [-0.2, 0) is 23.8 Å². The number of halogens is 2. The largest absolute Gasteiger partial charge is 0.378 e. The fourth-order valence-corrected chi connectivity index (χ4v) is 3.16. The third kappa shape index (κ3) is 11.5. The summed E-state index contributed by atoms with van der Waals surface area (Å²) in [5.41, 5.74) is 0.806. The second kappa shape index (κ2) is 16.7. The molecule has 3 N–H and O–H groups in total. The first-order chi connectivity index (χ1) is 16.5. The minimum atomic E-state index is -0.240. The van der Waals surface area contributed by atoms with Crippen LogP contribution >= 0.6 is 23.2 Å². The van der Waals surface area contributed by atoms with E-state index in [4.69, 9.17) is 45.4 Å². The summed E-state index contributed by atoms with van der Waals surface area (Å²) in [4.78, 5) is 23.9. The van der Waals surface area contributed by atoms with Gasteiger partial charge in [0.25, 0.3) is 0 Å². The number of anilines is 1. The van der Waals surface area contributed by atoms with Gasteiger partial charge in [0, 0.05) is 32.5 Å². The first kappa shape index (κ1) is 28.4. The van der Waals surface area contributed by atoms with E-state index >= 15 is 0 Å². The van der Waals surface area contributed by atoms with Crippen molar-refractivity contribution >= 4 is 54.5 Å². The molecule has 0 spiro atoms. The minimum absolute atomic E-state index is 0.0599. The molecule has 0 aromatic heterocycles. The van der Waals surface area contributed by atoms with Gasteiger partial charge in [-0.25, -0.2) is 0 Å². The molecule has 13 heteroatoms. The molecule has 0 atom stereocenters. The van der Waals surface area contributed by atoms with Crippen LogP contribution in [0.4, 0.5) is 5.69 Å². The zero-order chi connectivity index (χ0) is 24.6. The van der Waals surface area contributed by atoms with Crippen molar-refractivity contribution in [2.45, 2.75) is 19.3 Å². The van der Waals surface area contributed by atoms with Gasteiger partial charge >= 0.3 is 0 Å². The summed E-state index contributed by atoms with van der Waals surface area (Å²) < 4.78 is 15.8. The Morgan fingerprint density at radius 3 is 2.47 bits per heavy atom. The van der Waals surface area contributed by atoms with Crippen LogP contribution in [0.2, 0.25) is 10.0 Å². The maximum absolute atomic E-state index is 12.1. The Bertz CT molecular complexity index is 818. The molecule has 1 aliphatic heterocycles. The molecule has 0 saturated carbocycles. The second-order valence-corrected chi connectivity index (χ2v) is 8.07. The summed E-state index contributed by atoms with van der Waals surface area (Å²) in [6.45, 7) is 3.65. The van der Waals surface area contributed by atoms with Crippen molar-refractivity contribution in [2.75, 3.05) is 64.3 Å². The number of benzene rings is 1. The number of hydrazone groups is 1. The van der Waals surface area contributed by atoms with E-state index in [1.54, 1.807) is 17.1 Å². The average Bonchev–Trinajstić information content (AvgIpc) is 3.28. The molecule has 34 heavy (non-hydrogen) atoms. The Morgan fingerprint density at radius 2 is 1.74 bits per heavy atom. The van der Waals surface area contributed by atoms with Crippen LogP contribution < -0.4 is 20.9 Å². The molecule has 0 fully saturated rings. The maximum atomic E-state index is 12.1. The Labute approximate surface area is 211 Å². The van der Waals surface area contributed by atoms with Crippen molar-refractivity contribution in [3.63, 3.8) is 0 Å². The number of amidine groups is 1. The van der Waals surface area contributed by atoms with Crippen LogP contribution in [0.25, 0.3) is 0 Å². The van der Waals surface area contributed by atoms with Crippen LogP contribution in [0.15, 0.2) is 23.3 Å². The number of ether oxygens (including phenoxy) is 3. The van der Waals surface area contributed by atoms with Crippen molar-refractivity contribution in [2.24, 2.45) is 5.10 Å². The van der Waals surface area contributed by atoms with Gasteiger partial charge in [0.2, 0.25) is 11.8 Å². The molecule has 0 bridgehead atoms. The van der Waals surface area contributed by atoms with E-state index in [1.807, 2.05) is 6.07 Å². The maximum Gasteiger partial charge on any atom is 0.245 e. The lowest BCUT2D eigenvalue weighted by atomic mass is 10.3. The topological polar surface area (TPSA) is 114 Å². The number of hydrogen-bond acceptors (Lipinski definition) is 8. The van der Waals surface area contributed by atoms with E-state index in [2.05, 4.69) is 21.0 Å². The number of carbonyl (C=O) groups is 2. The molecule has 1 heterocycles. The van der Waals surface area contributed by atoms with E-state index < -0.39 is 0 Å². The molecule has 10 nitrogen and oxygen atoms in total. The van der Waals surface area contributed by atoms with Gasteiger partial charge in [0.15, 0.2) is 7.98 Å². The first-order valence-corrected chi connectivity index (χ1v) is 11.8. The van der Waals surface area contributed by atoms with E-state index in [0.29, 0.717) is 81.4 Å². The van der Waals surface area contributed by atoms with Gasteiger partial charge < -0.3 is 30.1 Å². The van der Waals surface area contributed by atoms with Gasteiger partial charge in [-0.1, -0.05) is 23.2 Å². The monoisotopic (exact) mass is 513 g/mol. The molecular formula is C21H30BCl2N5O5. The number of rotatable bonds is 16. The third-order valence-corrected chi connectivity index (χ3v) is 5.30. The van der Waals surface area contributed by atoms with Crippen LogP contribution in [-0.4, -0.2) is 84.9 Å². The van der Waals surface area contributed by atoms with Gasteiger partial charge in [-0.05, 0) is 24.6 Å². The van der Waals surface area contributed by atoms with Crippen molar-refractivity contribution in [1.82, 2.24) is 15.9 Å². The quantitative estimate of drug-likeness (QED) is 0.225. The molecule has 2 rings (SSSR count). The Kier molecular flexibility index (Phi) is 13.9. The fourth-order valence-electron chi connectivity index (χ4n) is 2.86. The van der Waals surface area contributed by atoms with Crippen LogP contribution in [0.1, 0.15) is 19.3 Å². The van der Waals surface area contributed by atoms with E-state index in [9.17, 15) is 9.59 Å². The molecule has 2 radical (unpaired) electrons. The SMILES string of the molecule is [B]NCCOCCOCCOCC(=O)NCCCC(=O)NC1=NN(c2ccc(Cl)c(Cl)c2)CC1. The lowest BCUT2D eigenvalue weighted by Gasteiger charge is -2.13. The predicted octanol–water partition coefficient (Wildman–Crippen LogP) is 1.25. The van der Waals surface area contributed by atoms with Gasteiger partial charge in [0.05, 0.1) is 48.8 Å². The normalized spacial score (nSPS) is 13.1. The molecule has 1 aromatic rings. The Balaban J connectivity index is 1.48. The molecular weight excluding hydrogens is 484 g/mol.